The Balaban J connectivity index is 2.16. The van der Waals surface area contributed by atoms with E-state index in [1.54, 1.807) is 0 Å². The van der Waals surface area contributed by atoms with Gasteiger partial charge in [0.1, 0.15) is 0 Å². The summed E-state index contributed by atoms with van der Waals surface area (Å²) in [4.78, 5) is 13.1. The third-order valence-electron chi connectivity index (χ3n) is 2.01. The second-order valence-corrected chi connectivity index (χ2v) is 3.41. The molecule has 1 aliphatic rings. The molecule has 1 aliphatic carbocycles. The highest BCUT2D eigenvalue weighted by Gasteiger charge is 2.28. The fourth-order valence-electron chi connectivity index (χ4n) is 1.06. The predicted molar refractivity (Wildman–Crippen MR) is 45.7 cm³/mol. The van der Waals surface area contributed by atoms with Crippen LogP contribution in [0.3, 0.4) is 0 Å². The summed E-state index contributed by atoms with van der Waals surface area (Å²) in [5.74, 6) is 0.831. The van der Waals surface area contributed by atoms with E-state index in [0.29, 0.717) is 18.3 Å². The van der Waals surface area contributed by atoms with Crippen LogP contribution in [-0.4, -0.2) is 29.8 Å². The summed E-state index contributed by atoms with van der Waals surface area (Å²) in [6.45, 7) is 0. The minimum absolute atomic E-state index is 0.244. The molecule has 11 heavy (non-hydrogen) atoms. The maximum atomic E-state index is 11.3. The molecular weight excluding hydrogens is 162 g/mol. The van der Waals surface area contributed by atoms with E-state index in [4.69, 9.17) is 11.6 Å². The van der Waals surface area contributed by atoms with Gasteiger partial charge in [0.25, 0.3) is 0 Å². The van der Waals surface area contributed by atoms with E-state index >= 15 is 0 Å². The van der Waals surface area contributed by atoms with Gasteiger partial charge in [-0.05, 0) is 19.3 Å². The number of alkyl halides is 1. The smallest absolute Gasteiger partial charge is 0.222 e. The van der Waals surface area contributed by atoms with E-state index in [2.05, 4.69) is 0 Å². The van der Waals surface area contributed by atoms with Crippen LogP contribution in [0.15, 0.2) is 0 Å². The molecule has 0 N–H and O–H groups in total. The average Bonchev–Trinajstić information content (AvgIpc) is 2.81. The highest BCUT2D eigenvalue weighted by Crippen LogP contribution is 2.25. The standard InChI is InChI=1S/C8H14ClNO/c1-10(7-4-5-7)8(11)3-2-6-9/h7H,2-6H2,1H3. The Morgan fingerprint density at radius 1 is 1.64 bits per heavy atom. The van der Waals surface area contributed by atoms with Crippen molar-refractivity contribution in [1.29, 1.82) is 0 Å². The van der Waals surface area contributed by atoms with Crippen LogP contribution >= 0.6 is 11.6 Å². The van der Waals surface area contributed by atoms with Gasteiger partial charge in [-0.25, -0.2) is 0 Å². The number of hydrogen-bond acceptors (Lipinski definition) is 1. The van der Waals surface area contributed by atoms with Crippen molar-refractivity contribution >= 4 is 17.5 Å². The van der Waals surface area contributed by atoms with Crippen LogP contribution in [-0.2, 0) is 4.79 Å². The monoisotopic (exact) mass is 175 g/mol. The van der Waals surface area contributed by atoms with Crippen LogP contribution < -0.4 is 0 Å². The van der Waals surface area contributed by atoms with Gasteiger partial charge < -0.3 is 4.90 Å². The van der Waals surface area contributed by atoms with Crippen molar-refractivity contribution in [3.63, 3.8) is 0 Å². The van der Waals surface area contributed by atoms with Gasteiger partial charge in [0.05, 0.1) is 0 Å². The Bertz CT molecular complexity index is 145. The summed E-state index contributed by atoms with van der Waals surface area (Å²) in [5.41, 5.74) is 0. The van der Waals surface area contributed by atoms with E-state index < -0.39 is 0 Å². The van der Waals surface area contributed by atoms with Crippen molar-refractivity contribution in [1.82, 2.24) is 4.90 Å². The molecule has 0 aromatic rings. The molecule has 0 aliphatic heterocycles. The lowest BCUT2D eigenvalue weighted by Gasteiger charge is -2.15. The summed E-state index contributed by atoms with van der Waals surface area (Å²) in [6.07, 6.45) is 3.78. The second-order valence-electron chi connectivity index (χ2n) is 3.03. The van der Waals surface area contributed by atoms with E-state index in [1.165, 1.54) is 12.8 Å². The topological polar surface area (TPSA) is 20.3 Å². The number of carbonyl (C=O) groups excluding carboxylic acids is 1. The summed E-state index contributed by atoms with van der Waals surface area (Å²) >= 11 is 5.47. The normalized spacial score (nSPS) is 16.5. The van der Waals surface area contributed by atoms with Gasteiger partial charge in [-0.2, -0.15) is 0 Å². The first-order valence-electron chi connectivity index (χ1n) is 4.07. The molecule has 64 valence electrons. The van der Waals surface area contributed by atoms with Gasteiger partial charge in [0.15, 0.2) is 0 Å². The van der Waals surface area contributed by atoms with Crippen LogP contribution in [0.5, 0.6) is 0 Å². The molecule has 0 aromatic carbocycles. The Morgan fingerprint density at radius 2 is 2.27 bits per heavy atom. The Labute approximate surface area is 72.5 Å². The quantitative estimate of drug-likeness (QED) is 0.595. The second kappa shape index (κ2) is 3.96. The lowest BCUT2D eigenvalue weighted by molar-refractivity contribution is -0.130. The molecule has 1 saturated carbocycles. The lowest BCUT2D eigenvalue weighted by atomic mass is 10.3. The number of carbonyl (C=O) groups is 1. The highest BCUT2D eigenvalue weighted by atomic mass is 35.5. The molecule has 0 radical (unpaired) electrons. The van der Waals surface area contributed by atoms with Crippen molar-refractivity contribution in [2.75, 3.05) is 12.9 Å². The Kier molecular flexibility index (Phi) is 3.18. The third kappa shape index (κ3) is 2.70. The predicted octanol–water partition coefficient (Wildman–Crippen LogP) is 1.63. The van der Waals surface area contributed by atoms with Crippen LogP contribution in [0.2, 0.25) is 0 Å². The minimum atomic E-state index is 0.244. The largest absolute Gasteiger partial charge is 0.343 e. The van der Waals surface area contributed by atoms with Gasteiger partial charge in [0, 0.05) is 25.4 Å². The number of nitrogens with zero attached hydrogens (tertiary/aromatic N) is 1. The zero-order valence-corrected chi connectivity index (χ0v) is 7.60. The summed E-state index contributed by atoms with van der Waals surface area (Å²) in [7, 11) is 1.88. The fourth-order valence-corrected chi connectivity index (χ4v) is 1.19. The van der Waals surface area contributed by atoms with Crippen molar-refractivity contribution in [2.45, 2.75) is 31.7 Å². The van der Waals surface area contributed by atoms with Crippen LogP contribution in [0.1, 0.15) is 25.7 Å². The van der Waals surface area contributed by atoms with Crippen molar-refractivity contribution in [3.8, 4) is 0 Å². The first kappa shape index (κ1) is 8.85. The molecule has 2 nitrogen and oxygen atoms in total. The molecule has 0 aromatic heterocycles. The van der Waals surface area contributed by atoms with Gasteiger partial charge in [0.2, 0.25) is 5.91 Å². The van der Waals surface area contributed by atoms with E-state index in [0.717, 1.165) is 6.42 Å². The number of halogens is 1. The molecule has 0 bridgehead atoms. The Morgan fingerprint density at radius 3 is 2.73 bits per heavy atom. The molecule has 1 fully saturated rings. The van der Waals surface area contributed by atoms with Crippen molar-refractivity contribution in [3.05, 3.63) is 0 Å². The van der Waals surface area contributed by atoms with Crippen molar-refractivity contribution < 1.29 is 4.79 Å². The SMILES string of the molecule is CN(C(=O)CCCCl)C1CC1. The maximum absolute atomic E-state index is 11.3. The molecular formula is C8H14ClNO. The summed E-state index contributed by atoms with van der Waals surface area (Å²) < 4.78 is 0. The molecule has 3 heteroatoms. The zero-order valence-electron chi connectivity index (χ0n) is 6.85. The van der Waals surface area contributed by atoms with Crippen molar-refractivity contribution in [2.24, 2.45) is 0 Å². The zero-order chi connectivity index (χ0) is 8.27. The van der Waals surface area contributed by atoms with Gasteiger partial charge in [-0.15, -0.1) is 11.6 Å². The van der Waals surface area contributed by atoms with Gasteiger partial charge in [-0.1, -0.05) is 0 Å². The highest BCUT2D eigenvalue weighted by molar-refractivity contribution is 6.17. The summed E-state index contributed by atoms with van der Waals surface area (Å²) in [5, 5.41) is 0. The number of rotatable bonds is 4. The minimum Gasteiger partial charge on any atom is -0.343 e. The molecule has 0 atom stereocenters. The number of amides is 1. The average molecular weight is 176 g/mol. The molecule has 1 amide bonds. The fraction of sp³-hybridized carbons (Fsp3) is 0.875. The third-order valence-corrected chi connectivity index (χ3v) is 2.28. The van der Waals surface area contributed by atoms with E-state index in [9.17, 15) is 4.79 Å². The maximum Gasteiger partial charge on any atom is 0.222 e. The number of hydrogen-bond donors (Lipinski definition) is 0. The van der Waals surface area contributed by atoms with E-state index in [-0.39, 0.29) is 5.91 Å². The van der Waals surface area contributed by atoms with Crippen LogP contribution in [0.4, 0.5) is 0 Å². The molecule has 0 saturated heterocycles. The molecule has 0 spiro atoms. The summed E-state index contributed by atoms with van der Waals surface area (Å²) in [6, 6.07) is 0.540. The van der Waals surface area contributed by atoms with Crippen LogP contribution in [0.25, 0.3) is 0 Å². The van der Waals surface area contributed by atoms with Crippen LogP contribution in [0, 0.1) is 0 Å². The first-order chi connectivity index (χ1) is 5.25. The first-order valence-corrected chi connectivity index (χ1v) is 4.60. The molecule has 0 unspecified atom stereocenters. The Hall–Kier alpha value is -0.240. The lowest BCUT2D eigenvalue weighted by Crippen LogP contribution is -2.28. The van der Waals surface area contributed by atoms with Gasteiger partial charge in [-0.3, -0.25) is 4.79 Å². The molecule has 0 heterocycles. The van der Waals surface area contributed by atoms with Gasteiger partial charge >= 0.3 is 0 Å². The molecule has 1 rings (SSSR count). The van der Waals surface area contributed by atoms with E-state index in [1.807, 2.05) is 11.9 Å².